The van der Waals surface area contributed by atoms with Gasteiger partial charge in [0.25, 0.3) is 0 Å². The zero-order valence-electron chi connectivity index (χ0n) is 9.86. The Morgan fingerprint density at radius 2 is 2.31 bits per heavy atom. The lowest BCUT2D eigenvalue weighted by molar-refractivity contribution is -0.126. The first-order valence-corrected chi connectivity index (χ1v) is 6.34. The van der Waals surface area contributed by atoms with Gasteiger partial charge in [0.15, 0.2) is 0 Å². The molecule has 2 bridgehead atoms. The minimum Gasteiger partial charge on any atom is -0.396 e. The number of aliphatic hydroxyl groups is 1. The fraction of sp³-hybridized carbons (Fsp3) is 0.769. The maximum atomic E-state index is 12.1. The highest BCUT2D eigenvalue weighted by Crippen LogP contribution is 2.43. The molecular weight excluding hydrogens is 202 g/mol. The smallest absolute Gasteiger partial charge is 0.223 e. The summed E-state index contributed by atoms with van der Waals surface area (Å²) >= 11 is 0. The third kappa shape index (κ3) is 2.29. The largest absolute Gasteiger partial charge is 0.396 e. The molecular formula is C13H21NO2. The van der Waals surface area contributed by atoms with Gasteiger partial charge >= 0.3 is 0 Å². The van der Waals surface area contributed by atoms with Crippen LogP contribution >= 0.6 is 0 Å². The van der Waals surface area contributed by atoms with Crippen LogP contribution < -0.4 is 5.32 Å². The summed E-state index contributed by atoms with van der Waals surface area (Å²) in [4.78, 5) is 12.1. The van der Waals surface area contributed by atoms with Gasteiger partial charge in [-0.2, -0.15) is 0 Å². The number of fused-ring (bicyclic) bond motifs is 2. The van der Waals surface area contributed by atoms with E-state index >= 15 is 0 Å². The fourth-order valence-corrected chi connectivity index (χ4v) is 2.92. The number of amides is 1. The van der Waals surface area contributed by atoms with Crippen LogP contribution in [0.2, 0.25) is 0 Å². The van der Waals surface area contributed by atoms with E-state index in [1.54, 1.807) is 0 Å². The quantitative estimate of drug-likeness (QED) is 0.693. The number of allylic oxidation sites excluding steroid dienone is 2. The van der Waals surface area contributed by atoms with Crippen LogP contribution in [-0.2, 0) is 4.79 Å². The highest BCUT2D eigenvalue weighted by molar-refractivity contribution is 5.80. The van der Waals surface area contributed by atoms with E-state index in [1.165, 1.54) is 0 Å². The van der Waals surface area contributed by atoms with Gasteiger partial charge in [0, 0.05) is 18.6 Å². The Balaban J connectivity index is 1.86. The first-order valence-electron chi connectivity index (χ1n) is 6.34. The van der Waals surface area contributed by atoms with Crippen molar-refractivity contribution in [3.05, 3.63) is 12.2 Å². The van der Waals surface area contributed by atoms with Crippen LogP contribution in [-0.4, -0.2) is 23.7 Å². The van der Waals surface area contributed by atoms with Gasteiger partial charge in [-0.05, 0) is 37.5 Å². The van der Waals surface area contributed by atoms with Crippen molar-refractivity contribution in [2.24, 2.45) is 17.8 Å². The second kappa shape index (κ2) is 5.00. The summed E-state index contributed by atoms with van der Waals surface area (Å²) in [5, 5.41) is 12.0. The summed E-state index contributed by atoms with van der Waals surface area (Å²) in [6.07, 6.45) is 8.18. The maximum absolute atomic E-state index is 12.1. The van der Waals surface area contributed by atoms with E-state index in [9.17, 15) is 4.79 Å². The van der Waals surface area contributed by atoms with E-state index in [-0.39, 0.29) is 24.5 Å². The lowest BCUT2D eigenvalue weighted by atomic mass is 9.92. The van der Waals surface area contributed by atoms with Crippen molar-refractivity contribution in [1.29, 1.82) is 0 Å². The maximum Gasteiger partial charge on any atom is 0.223 e. The first-order chi connectivity index (χ1) is 7.74. The second-order valence-electron chi connectivity index (χ2n) is 5.01. The molecule has 0 aromatic carbocycles. The topological polar surface area (TPSA) is 49.3 Å². The van der Waals surface area contributed by atoms with E-state index < -0.39 is 0 Å². The standard InChI is InChI=1S/C13H21NO2/c1-2-11(5-6-15)14-13(16)12-8-9-3-4-10(12)7-9/h3-4,9-12,15H,2,5-8H2,1H3,(H,14,16). The highest BCUT2D eigenvalue weighted by Gasteiger charge is 2.39. The zero-order valence-corrected chi connectivity index (χ0v) is 9.86. The van der Waals surface area contributed by atoms with Gasteiger partial charge < -0.3 is 10.4 Å². The molecule has 0 heterocycles. The number of rotatable bonds is 5. The highest BCUT2D eigenvalue weighted by atomic mass is 16.3. The van der Waals surface area contributed by atoms with Crippen molar-refractivity contribution in [2.45, 2.75) is 38.6 Å². The number of aliphatic hydroxyl groups excluding tert-OH is 1. The normalized spacial score (nSPS) is 33.0. The lowest BCUT2D eigenvalue weighted by Crippen LogP contribution is -2.40. The molecule has 0 aromatic heterocycles. The summed E-state index contributed by atoms with van der Waals surface area (Å²) in [7, 11) is 0. The van der Waals surface area contributed by atoms with Crippen LogP contribution in [0.15, 0.2) is 12.2 Å². The van der Waals surface area contributed by atoms with Gasteiger partial charge in [0.05, 0.1) is 0 Å². The molecule has 4 atom stereocenters. The number of hydrogen-bond acceptors (Lipinski definition) is 2. The Labute approximate surface area is 96.9 Å². The van der Waals surface area contributed by atoms with E-state index in [0.29, 0.717) is 18.3 Å². The van der Waals surface area contributed by atoms with Gasteiger partial charge in [-0.15, -0.1) is 0 Å². The molecule has 1 amide bonds. The second-order valence-corrected chi connectivity index (χ2v) is 5.01. The minimum atomic E-state index is 0.139. The van der Waals surface area contributed by atoms with Crippen molar-refractivity contribution in [3.63, 3.8) is 0 Å². The zero-order chi connectivity index (χ0) is 11.5. The van der Waals surface area contributed by atoms with E-state index in [2.05, 4.69) is 17.5 Å². The molecule has 0 saturated heterocycles. The molecule has 2 aliphatic carbocycles. The average molecular weight is 223 g/mol. The molecule has 0 spiro atoms. The van der Waals surface area contributed by atoms with Gasteiger partial charge in [-0.3, -0.25) is 4.79 Å². The van der Waals surface area contributed by atoms with E-state index in [1.807, 2.05) is 6.92 Å². The molecule has 0 radical (unpaired) electrons. The van der Waals surface area contributed by atoms with E-state index in [4.69, 9.17) is 5.11 Å². The molecule has 3 heteroatoms. The van der Waals surface area contributed by atoms with Gasteiger partial charge in [0.1, 0.15) is 0 Å². The molecule has 90 valence electrons. The Morgan fingerprint density at radius 3 is 2.81 bits per heavy atom. The average Bonchev–Trinajstić information content (AvgIpc) is 2.89. The van der Waals surface area contributed by atoms with Gasteiger partial charge in [0.2, 0.25) is 5.91 Å². The summed E-state index contributed by atoms with van der Waals surface area (Å²) in [6.45, 7) is 2.19. The Hall–Kier alpha value is -0.830. The molecule has 16 heavy (non-hydrogen) atoms. The Bertz CT molecular complexity index is 288. The molecule has 0 aliphatic heterocycles. The predicted octanol–water partition coefficient (Wildman–Crippen LogP) is 1.48. The number of hydrogen-bond donors (Lipinski definition) is 2. The molecule has 2 aliphatic rings. The summed E-state index contributed by atoms with van der Waals surface area (Å²) in [5.74, 6) is 1.48. The molecule has 2 rings (SSSR count). The van der Waals surface area contributed by atoms with Crippen LogP contribution in [0.4, 0.5) is 0 Å². The minimum absolute atomic E-state index is 0.139. The van der Waals surface area contributed by atoms with Gasteiger partial charge in [-0.25, -0.2) is 0 Å². The monoisotopic (exact) mass is 223 g/mol. The molecule has 2 N–H and O–H groups in total. The number of carbonyl (C=O) groups is 1. The number of nitrogens with one attached hydrogen (secondary N) is 1. The molecule has 4 unspecified atom stereocenters. The molecule has 1 saturated carbocycles. The van der Waals surface area contributed by atoms with Crippen molar-refractivity contribution in [1.82, 2.24) is 5.32 Å². The van der Waals surface area contributed by atoms with Crippen molar-refractivity contribution >= 4 is 5.91 Å². The summed E-state index contributed by atoms with van der Waals surface area (Å²) in [5.41, 5.74) is 0. The number of carbonyl (C=O) groups excluding carboxylic acids is 1. The fourth-order valence-electron chi connectivity index (χ4n) is 2.92. The van der Waals surface area contributed by atoms with Crippen molar-refractivity contribution in [2.75, 3.05) is 6.61 Å². The third-order valence-electron chi connectivity index (χ3n) is 3.93. The summed E-state index contributed by atoms with van der Waals surface area (Å²) < 4.78 is 0. The molecule has 0 aromatic rings. The van der Waals surface area contributed by atoms with E-state index in [0.717, 1.165) is 19.3 Å². The first kappa shape index (κ1) is 11.6. The van der Waals surface area contributed by atoms with Crippen molar-refractivity contribution < 1.29 is 9.90 Å². The van der Waals surface area contributed by atoms with Crippen LogP contribution in [0.5, 0.6) is 0 Å². The predicted molar refractivity (Wildman–Crippen MR) is 62.8 cm³/mol. The molecule has 3 nitrogen and oxygen atoms in total. The van der Waals surface area contributed by atoms with Crippen molar-refractivity contribution in [3.8, 4) is 0 Å². The Kier molecular flexibility index (Phi) is 3.64. The van der Waals surface area contributed by atoms with Gasteiger partial charge in [-0.1, -0.05) is 19.1 Å². The third-order valence-corrected chi connectivity index (χ3v) is 3.93. The SMILES string of the molecule is CCC(CCO)NC(=O)C1CC2C=CC1C2. The lowest BCUT2D eigenvalue weighted by Gasteiger charge is -2.22. The van der Waals surface area contributed by atoms with Crippen LogP contribution in [0, 0.1) is 17.8 Å². The van der Waals surface area contributed by atoms with Crippen LogP contribution in [0.1, 0.15) is 32.6 Å². The van der Waals surface area contributed by atoms with Crippen LogP contribution in [0.25, 0.3) is 0 Å². The summed E-state index contributed by atoms with van der Waals surface area (Å²) in [6, 6.07) is 0.139. The Morgan fingerprint density at radius 1 is 1.50 bits per heavy atom. The molecule has 1 fully saturated rings. The van der Waals surface area contributed by atoms with Crippen LogP contribution in [0.3, 0.4) is 0 Å².